The van der Waals surface area contributed by atoms with E-state index in [9.17, 15) is 18.0 Å². The van der Waals surface area contributed by atoms with Crippen LogP contribution in [0.3, 0.4) is 0 Å². The van der Waals surface area contributed by atoms with E-state index in [2.05, 4.69) is 5.32 Å². The molecule has 124 valence electrons. The fraction of sp³-hybridized carbons (Fsp3) is 0.500. The van der Waals surface area contributed by atoms with E-state index < -0.39 is 17.8 Å². The van der Waals surface area contributed by atoms with Gasteiger partial charge in [0, 0.05) is 7.05 Å². The number of halogens is 3. The maximum atomic E-state index is 12.7. The molecule has 0 aromatic heterocycles. The van der Waals surface area contributed by atoms with Crippen LogP contribution in [0.1, 0.15) is 12.5 Å². The number of amides is 2. The first-order valence-corrected chi connectivity index (χ1v) is 6.68. The SMILES string of the molecule is CC(CO)N(C)C(=O)NCCOc1ccccc1C(F)(F)F. The standard InChI is InChI=1S/C14H19F3N2O3/c1-10(9-20)19(2)13(21)18-7-8-22-12-6-4-3-5-11(12)14(15,16)17/h3-6,10,20H,7-9H2,1-2H3,(H,18,21). The van der Waals surface area contributed by atoms with Gasteiger partial charge in [-0.1, -0.05) is 12.1 Å². The zero-order valence-corrected chi connectivity index (χ0v) is 12.4. The average Bonchev–Trinajstić information content (AvgIpc) is 2.49. The van der Waals surface area contributed by atoms with Crippen LogP contribution in [-0.2, 0) is 6.18 Å². The molecule has 2 amide bonds. The number of carbonyl (C=O) groups excluding carboxylic acids is 1. The molecule has 1 unspecified atom stereocenters. The van der Waals surface area contributed by atoms with Crippen molar-refractivity contribution in [2.75, 3.05) is 26.8 Å². The van der Waals surface area contributed by atoms with Crippen LogP contribution in [0.25, 0.3) is 0 Å². The molecule has 0 spiro atoms. The van der Waals surface area contributed by atoms with E-state index in [1.165, 1.54) is 30.1 Å². The fourth-order valence-corrected chi connectivity index (χ4v) is 1.59. The number of nitrogens with one attached hydrogen (secondary N) is 1. The molecule has 8 heteroatoms. The third-order valence-corrected chi connectivity index (χ3v) is 3.07. The van der Waals surface area contributed by atoms with Gasteiger partial charge < -0.3 is 20.1 Å². The van der Waals surface area contributed by atoms with Crippen LogP contribution in [-0.4, -0.2) is 48.9 Å². The molecule has 0 fully saturated rings. The summed E-state index contributed by atoms with van der Waals surface area (Å²) < 4.78 is 43.3. The van der Waals surface area contributed by atoms with Gasteiger partial charge in [-0.2, -0.15) is 13.2 Å². The number of hydrogen-bond donors (Lipinski definition) is 2. The molecule has 0 saturated carbocycles. The van der Waals surface area contributed by atoms with Crippen molar-refractivity contribution in [2.45, 2.75) is 19.1 Å². The largest absolute Gasteiger partial charge is 0.491 e. The summed E-state index contributed by atoms with van der Waals surface area (Å²) in [7, 11) is 1.51. The summed E-state index contributed by atoms with van der Waals surface area (Å²) in [5.74, 6) is -0.277. The van der Waals surface area contributed by atoms with Gasteiger partial charge in [-0.25, -0.2) is 4.79 Å². The minimum absolute atomic E-state index is 0.0491. The molecule has 0 heterocycles. The van der Waals surface area contributed by atoms with Gasteiger partial charge in [0.25, 0.3) is 0 Å². The highest BCUT2D eigenvalue weighted by atomic mass is 19.4. The number of benzene rings is 1. The quantitative estimate of drug-likeness (QED) is 0.789. The maximum absolute atomic E-state index is 12.7. The number of carbonyl (C=O) groups is 1. The predicted molar refractivity (Wildman–Crippen MR) is 74.6 cm³/mol. The van der Waals surface area contributed by atoms with Crippen molar-refractivity contribution >= 4 is 6.03 Å². The summed E-state index contributed by atoms with van der Waals surface area (Å²) in [5, 5.41) is 11.4. The summed E-state index contributed by atoms with van der Waals surface area (Å²) in [6.45, 7) is 1.43. The monoisotopic (exact) mass is 320 g/mol. The highest BCUT2D eigenvalue weighted by molar-refractivity contribution is 5.74. The normalized spacial score (nSPS) is 12.6. The van der Waals surface area contributed by atoms with E-state index in [1.807, 2.05) is 0 Å². The molecule has 22 heavy (non-hydrogen) atoms. The van der Waals surface area contributed by atoms with E-state index >= 15 is 0 Å². The Bertz CT molecular complexity index is 494. The topological polar surface area (TPSA) is 61.8 Å². The van der Waals surface area contributed by atoms with Crippen molar-refractivity contribution in [1.82, 2.24) is 10.2 Å². The number of urea groups is 1. The number of alkyl halides is 3. The van der Waals surface area contributed by atoms with Crippen LogP contribution in [0.2, 0.25) is 0 Å². The summed E-state index contributed by atoms with van der Waals surface area (Å²) in [4.78, 5) is 12.9. The smallest absolute Gasteiger partial charge is 0.419 e. The molecule has 2 N–H and O–H groups in total. The molecule has 1 aromatic rings. The molecule has 0 aliphatic carbocycles. The third-order valence-electron chi connectivity index (χ3n) is 3.07. The van der Waals surface area contributed by atoms with Gasteiger partial charge in [0.05, 0.1) is 24.8 Å². The van der Waals surface area contributed by atoms with Crippen LogP contribution < -0.4 is 10.1 Å². The maximum Gasteiger partial charge on any atom is 0.419 e. The van der Waals surface area contributed by atoms with Crippen molar-refractivity contribution in [3.8, 4) is 5.75 Å². The Hall–Kier alpha value is -1.96. The molecular weight excluding hydrogens is 301 g/mol. The Balaban J connectivity index is 2.48. The number of aliphatic hydroxyl groups excluding tert-OH is 1. The third kappa shape index (κ3) is 5.10. The molecule has 0 bridgehead atoms. The molecule has 0 aliphatic heterocycles. The van der Waals surface area contributed by atoms with Gasteiger partial charge >= 0.3 is 12.2 Å². The van der Waals surface area contributed by atoms with Crippen LogP contribution >= 0.6 is 0 Å². The lowest BCUT2D eigenvalue weighted by Gasteiger charge is -2.23. The lowest BCUT2D eigenvalue weighted by molar-refractivity contribution is -0.138. The zero-order valence-electron chi connectivity index (χ0n) is 12.4. The summed E-state index contributed by atoms with van der Waals surface area (Å²) in [6.07, 6.45) is -4.49. The van der Waals surface area contributed by atoms with Gasteiger partial charge in [0.2, 0.25) is 0 Å². The molecular formula is C14H19F3N2O3. The van der Waals surface area contributed by atoms with Gasteiger partial charge in [0.1, 0.15) is 12.4 Å². The minimum atomic E-state index is -4.49. The van der Waals surface area contributed by atoms with Crippen molar-refractivity contribution in [3.63, 3.8) is 0 Å². The van der Waals surface area contributed by atoms with Crippen molar-refractivity contribution < 1.29 is 27.8 Å². The van der Waals surface area contributed by atoms with E-state index in [1.54, 1.807) is 6.92 Å². The predicted octanol–water partition coefficient (Wildman–Crippen LogP) is 2.11. The molecule has 0 radical (unpaired) electrons. The molecule has 1 rings (SSSR count). The number of aliphatic hydroxyl groups is 1. The van der Waals surface area contributed by atoms with Crippen LogP contribution in [0.5, 0.6) is 5.75 Å². The summed E-state index contributed by atoms with van der Waals surface area (Å²) in [6, 6.07) is 4.10. The Morgan fingerprint density at radius 2 is 2.05 bits per heavy atom. The van der Waals surface area contributed by atoms with Gasteiger partial charge in [-0.05, 0) is 19.1 Å². The minimum Gasteiger partial charge on any atom is -0.491 e. The molecule has 1 aromatic carbocycles. The molecule has 1 atom stereocenters. The first-order chi connectivity index (χ1) is 10.3. The number of nitrogens with zero attached hydrogens (tertiary/aromatic N) is 1. The number of rotatable bonds is 6. The van der Waals surface area contributed by atoms with Crippen LogP contribution in [0.4, 0.5) is 18.0 Å². The molecule has 0 saturated heterocycles. The highest BCUT2D eigenvalue weighted by Gasteiger charge is 2.33. The zero-order chi connectivity index (χ0) is 16.8. The van der Waals surface area contributed by atoms with E-state index in [4.69, 9.17) is 9.84 Å². The van der Waals surface area contributed by atoms with E-state index in [0.717, 1.165) is 6.07 Å². The number of para-hydroxylation sites is 1. The average molecular weight is 320 g/mol. The molecule has 0 aliphatic rings. The summed E-state index contributed by atoms with van der Waals surface area (Å²) >= 11 is 0. The van der Waals surface area contributed by atoms with Gasteiger partial charge in [0.15, 0.2) is 0 Å². The Kier molecular flexibility index (Phi) is 6.48. The van der Waals surface area contributed by atoms with Crippen molar-refractivity contribution in [3.05, 3.63) is 29.8 Å². The van der Waals surface area contributed by atoms with Crippen LogP contribution in [0.15, 0.2) is 24.3 Å². The lowest BCUT2D eigenvalue weighted by atomic mass is 10.2. The van der Waals surface area contributed by atoms with Crippen LogP contribution in [0, 0.1) is 0 Å². The first-order valence-electron chi connectivity index (χ1n) is 6.68. The lowest BCUT2D eigenvalue weighted by Crippen LogP contribution is -2.44. The second-order valence-corrected chi connectivity index (χ2v) is 4.72. The van der Waals surface area contributed by atoms with Crippen molar-refractivity contribution in [2.24, 2.45) is 0 Å². The molecule has 5 nitrogen and oxygen atoms in total. The second-order valence-electron chi connectivity index (χ2n) is 4.72. The second kappa shape index (κ2) is 7.88. The summed E-state index contributed by atoms with van der Waals surface area (Å²) in [5.41, 5.74) is -0.854. The Labute approximate surface area is 126 Å². The Morgan fingerprint density at radius 3 is 2.64 bits per heavy atom. The number of ether oxygens (including phenoxy) is 1. The van der Waals surface area contributed by atoms with Crippen molar-refractivity contribution in [1.29, 1.82) is 0 Å². The van der Waals surface area contributed by atoms with Gasteiger partial charge in [-0.15, -0.1) is 0 Å². The highest BCUT2D eigenvalue weighted by Crippen LogP contribution is 2.35. The fourth-order valence-electron chi connectivity index (χ4n) is 1.59. The van der Waals surface area contributed by atoms with E-state index in [0.29, 0.717) is 0 Å². The first kappa shape index (κ1) is 18.1. The van der Waals surface area contributed by atoms with E-state index in [-0.39, 0.29) is 31.5 Å². The number of likely N-dealkylation sites (N-methyl/N-ethyl adjacent to an activating group) is 1. The number of hydrogen-bond acceptors (Lipinski definition) is 3. The Morgan fingerprint density at radius 1 is 1.41 bits per heavy atom. The van der Waals surface area contributed by atoms with Gasteiger partial charge in [-0.3, -0.25) is 0 Å².